The monoisotopic (exact) mass is 329 g/mol. The van der Waals surface area contributed by atoms with Crippen LogP contribution in [0, 0.1) is 5.92 Å². The third kappa shape index (κ3) is 3.93. The van der Waals surface area contributed by atoms with E-state index >= 15 is 0 Å². The Hall–Kier alpha value is -1.95. The number of nitrogens with zero attached hydrogens (tertiary/aromatic N) is 4. The SMILES string of the molecule is CCc1ccc(CN2CCC(Cc3n[nH]c(=O)n3CC)CC2)nc1. The molecule has 0 saturated carbocycles. The highest BCUT2D eigenvalue weighted by Crippen LogP contribution is 2.21. The van der Waals surface area contributed by atoms with E-state index in [9.17, 15) is 4.79 Å². The minimum atomic E-state index is -0.0912. The minimum absolute atomic E-state index is 0.0912. The molecule has 6 heteroatoms. The van der Waals surface area contributed by atoms with Crippen LogP contribution in [0.2, 0.25) is 0 Å². The molecule has 1 N–H and O–H groups in total. The molecule has 0 radical (unpaired) electrons. The van der Waals surface area contributed by atoms with Gasteiger partial charge >= 0.3 is 5.69 Å². The van der Waals surface area contributed by atoms with E-state index in [-0.39, 0.29) is 5.69 Å². The number of likely N-dealkylation sites (tertiary alicyclic amines) is 1. The molecule has 2 aromatic heterocycles. The molecule has 130 valence electrons. The summed E-state index contributed by atoms with van der Waals surface area (Å²) >= 11 is 0. The largest absolute Gasteiger partial charge is 0.343 e. The summed E-state index contributed by atoms with van der Waals surface area (Å²) in [6, 6.07) is 4.32. The van der Waals surface area contributed by atoms with Crippen LogP contribution >= 0.6 is 0 Å². The Balaban J connectivity index is 1.51. The smallest absolute Gasteiger partial charge is 0.297 e. The van der Waals surface area contributed by atoms with Crippen molar-refractivity contribution in [3.05, 3.63) is 45.9 Å². The highest BCUT2D eigenvalue weighted by atomic mass is 16.1. The predicted molar refractivity (Wildman–Crippen MR) is 93.8 cm³/mol. The van der Waals surface area contributed by atoms with Crippen LogP contribution in [0.4, 0.5) is 0 Å². The Morgan fingerprint density at radius 1 is 1.25 bits per heavy atom. The second-order valence-electron chi connectivity index (χ2n) is 6.62. The van der Waals surface area contributed by atoms with Gasteiger partial charge in [-0.3, -0.25) is 14.5 Å². The minimum Gasteiger partial charge on any atom is -0.297 e. The number of rotatable bonds is 6. The lowest BCUT2D eigenvalue weighted by Gasteiger charge is -2.31. The molecule has 1 saturated heterocycles. The van der Waals surface area contributed by atoms with Crippen LogP contribution in [0.3, 0.4) is 0 Å². The van der Waals surface area contributed by atoms with Gasteiger partial charge < -0.3 is 0 Å². The molecule has 0 amide bonds. The Kier molecular flexibility index (Phi) is 5.45. The van der Waals surface area contributed by atoms with E-state index in [1.165, 1.54) is 5.56 Å². The predicted octanol–water partition coefficient (Wildman–Crippen LogP) is 2.00. The van der Waals surface area contributed by atoms with Gasteiger partial charge in [-0.05, 0) is 56.8 Å². The average Bonchev–Trinajstić information content (AvgIpc) is 2.97. The van der Waals surface area contributed by atoms with Crippen molar-refractivity contribution in [2.24, 2.45) is 5.92 Å². The molecule has 1 aliphatic rings. The van der Waals surface area contributed by atoms with Crippen LogP contribution in [0.15, 0.2) is 23.1 Å². The van der Waals surface area contributed by atoms with Crippen LogP contribution in [-0.2, 0) is 25.9 Å². The Bertz CT molecular complexity index is 695. The van der Waals surface area contributed by atoms with Gasteiger partial charge in [0.1, 0.15) is 5.82 Å². The number of pyridine rings is 1. The maximum atomic E-state index is 11.6. The van der Waals surface area contributed by atoms with Gasteiger partial charge in [0.2, 0.25) is 0 Å². The lowest BCUT2D eigenvalue weighted by molar-refractivity contribution is 0.173. The topological polar surface area (TPSA) is 66.8 Å². The van der Waals surface area contributed by atoms with Crippen LogP contribution < -0.4 is 5.69 Å². The summed E-state index contributed by atoms with van der Waals surface area (Å²) in [6.07, 6.45) is 6.22. The van der Waals surface area contributed by atoms with Gasteiger partial charge in [0.15, 0.2) is 0 Å². The summed E-state index contributed by atoms with van der Waals surface area (Å²) in [4.78, 5) is 18.7. The summed E-state index contributed by atoms with van der Waals surface area (Å²) in [5.74, 6) is 1.51. The molecule has 0 unspecified atom stereocenters. The Labute approximate surface area is 142 Å². The van der Waals surface area contributed by atoms with E-state index in [0.29, 0.717) is 12.5 Å². The highest BCUT2D eigenvalue weighted by molar-refractivity contribution is 5.13. The molecule has 0 aliphatic carbocycles. The number of hydrogen-bond donors (Lipinski definition) is 1. The molecule has 1 fully saturated rings. The summed E-state index contributed by atoms with van der Waals surface area (Å²) in [6.45, 7) is 7.92. The molecule has 0 atom stereocenters. The number of H-pyrrole nitrogens is 1. The van der Waals surface area contributed by atoms with E-state index in [0.717, 1.165) is 56.8 Å². The molecule has 0 aromatic carbocycles. The molecule has 1 aliphatic heterocycles. The van der Waals surface area contributed by atoms with Crippen LogP contribution in [0.25, 0.3) is 0 Å². The fourth-order valence-corrected chi connectivity index (χ4v) is 3.43. The number of hydrogen-bond acceptors (Lipinski definition) is 4. The van der Waals surface area contributed by atoms with E-state index in [1.807, 2.05) is 13.1 Å². The lowest BCUT2D eigenvalue weighted by atomic mass is 9.93. The van der Waals surface area contributed by atoms with Crippen molar-refractivity contribution in [3.63, 3.8) is 0 Å². The quantitative estimate of drug-likeness (QED) is 0.880. The first-order valence-corrected chi connectivity index (χ1v) is 8.99. The Morgan fingerprint density at radius 3 is 2.67 bits per heavy atom. The molecule has 6 nitrogen and oxygen atoms in total. The van der Waals surface area contributed by atoms with Gasteiger partial charge in [-0.25, -0.2) is 9.89 Å². The molecule has 24 heavy (non-hydrogen) atoms. The molecule has 3 rings (SSSR count). The fourth-order valence-electron chi connectivity index (χ4n) is 3.43. The Morgan fingerprint density at radius 2 is 2.04 bits per heavy atom. The molecule has 0 spiro atoms. The normalized spacial score (nSPS) is 16.6. The standard InChI is InChI=1S/C18H27N5O/c1-3-14-5-6-16(19-12-14)13-22-9-7-15(8-10-22)11-17-20-21-18(24)23(17)4-2/h5-6,12,15H,3-4,7-11,13H2,1-2H3,(H,21,24). The third-order valence-corrected chi connectivity index (χ3v) is 5.01. The number of aromatic nitrogens is 4. The number of aryl methyl sites for hydroxylation is 1. The van der Waals surface area contributed by atoms with E-state index in [2.05, 4.69) is 39.1 Å². The zero-order valence-electron chi connectivity index (χ0n) is 14.7. The van der Waals surface area contributed by atoms with Crippen LogP contribution in [0.5, 0.6) is 0 Å². The van der Waals surface area contributed by atoms with Crippen LogP contribution in [0.1, 0.15) is 43.8 Å². The fraction of sp³-hybridized carbons (Fsp3) is 0.611. The second kappa shape index (κ2) is 7.75. The summed E-state index contributed by atoms with van der Waals surface area (Å²) in [7, 11) is 0. The first-order valence-electron chi connectivity index (χ1n) is 8.99. The number of aromatic amines is 1. The molecular weight excluding hydrogens is 302 g/mol. The maximum absolute atomic E-state index is 11.6. The van der Waals surface area contributed by atoms with Crippen molar-refractivity contribution in [2.45, 2.75) is 52.6 Å². The van der Waals surface area contributed by atoms with Crippen molar-refractivity contribution >= 4 is 0 Å². The van der Waals surface area contributed by atoms with Gasteiger partial charge in [-0.2, -0.15) is 5.10 Å². The first kappa shape index (κ1) is 16.9. The third-order valence-electron chi connectivity index (χ3n) is 5.01. The van der Waals surface area contributed by atoms with Gasteiger partial charge in [-0.1, -0.05) is 13.0 Å². The number of nitrogens with one attached hydrogen (secondary N) is 1. The van der Waals surface area contributed by atoms with Crippen LogP contribution in [-0.4, -0.2) is 37.7 Å². The van der Waals surface area contributed by atoms with Gasteiger partial charge in [-0.15, -0.1) is 0 Å². The second-order valence-corrected chi connectivity index (χ2v) is 6.62. The van der Waals surface area contributed by atoms with Crippen molar-refractivity contribution in [3.8, 4) is 0 Å². The highest BCUT2D eigenvalue weighted by Gasteiger charge is 2.22. The molecule has 3 heterocycles. The molecule has 0 bridgehead atoms. The van der Waals surface area contributed by atoms with Crippen molar-refractivity contribution < 1.29 is 0 Å². The number of piperidine rings is 1. The average molecular weight is 329 g/mol. The summed E-state index contributed by atoms with van der Waals surface area (Å²) in [5.41, 5.74) is 2.35. The van der Waals surface area contributed by atoms with Gasteiger partial charge in [0, 0.05) is 25.7 Å². The molecular formula is C18H27N5O. The lowest BCUT2D eigenvalue weighted by Crippen LogP contribution is -2.34. The first-order chi connectivity index (χ1) is 11.7. The van der Waals surface area contributed by atoms with Crippen molar-refractivity contribution in [2.75, 3.05) is 13.1 Å². The van der Waals surface area contributed by atoms with E-state index < -0.39 is 0 Å². The maximum Gasteiger partial charge on any atom is 0.343 e. The van der Waals surface area contributed by atoms with Gasteiger partial charge in [0.25, 0.3) is 0 Å². The van der Waals surface area contributed by atoms with Crippen molar-refractivity contribution in [1.82, 2.24) is 24.6 Å². The van der Waals surface area contributed by atoms with E-state index in [4.69, 9.17) is 0 Å². The zero-order chi connectivity index (χ0) is 16.9. The summed E-state index contributed by atoms with van der Waals surface area (Å²) in [5, 5.41) is 6.75. The van der Waals surface area contributed by atoms with Crippen molar-refractivity contribution in [1.29, 1.82) is 0 Å². The summed E-state index contributed by atoms with van der Waals surface area (Å²) < 4.78 is 1.74. The molecule has 2 aromatic rings. The van der Waals surface area contributed by atoms with E-state index in [1.54, 1.807) is 4.57 Å². The van der Waals surface area contributed by atoms with Gasteiger partial charge in [0.05, 0.1) is 5.69 Å². The zero-order valence-corrected chi connectivity index (χ0v) is 14.7.